The predicted molar refractivity (Wildman–Crippen MR) is 132 cm³/mol. The van der Waals surface area contributed by atoms with Crippen LogP contribution >= 0.6 is 0 Å². The maximum absolute atomic E-state index is 13.1. The van der Waals surface area contributed by atoms with Crippen molar-refractivity contribution in [3.8, 4) is 0 Å². The van der Waals surface area contributed by atoms with Crippen LogP contribution in [0.3, 0.4) is 0 Å². The van der Waals surface area contributed by atoms with Crippen molar-refractivity contribution in [3.05, 3.63) is 35.4 Å². The van der Waals surface area contributed by atoms with Crippen LogP contribution in [-0.4, -0.2) is 24.1 Å². The molecule has 182 valence electrons. The minimum Gasteiger partial charge on any atom is -0.458 e. The lowest BCUT2D eigenvalue weighted by atomic mass is 9.91. The number of hydrogen-bond acceptors (Lipinski definition) is 4. The lowest BCUT2D eigenvalue weighted by Crippen LogP contribution is -2.29. The first-order chi connectivity index (χ1) is 15.5. The van der Waals surface area contributed by atoms with Crippen molar-refractivity contribution in [1.82, 2.24) is 0 Å². The number of benzene rings is 1. The number of ether oxygens (including phenoxy) is 2. The van der Waals surface area contributed by atoms with E-state index < -0.39 is 11.9 Å². The number of unbranched alkanes of at least 4 members (excludes halogenated alkanes) is 2. The van der Waals surface area contributed by atoms with Gasteiger partial charge in [0.2, 0.25) is 0 Å². The van der Waals surface area contributed by atoms with Crippen LogP contribution in [0.4, 0.5) is 0 Å². The van der Waals surface area contributed by atoms with Gasteiger partial charge in [0.1, 0.15) is 12.2 Å². The molecule has 0 bridgehead atoms. The zero-order valence-electron chi connectivity index (χ0n) is 21.3. The lowest BCUT2D eigenvalue weighted by Gasteiger charge is -2.27. The molecular formula is C28H46O4. The maximum atomic E-state index is 13.1. The van der Waals surface area contributed by atoms with Gasteiger partial charge in [0.25, 0.3) is 0 Å². The van der Waals surface area contributed by atoms with Crippen LogP contribution in [0.2, 0.25) is 0 Å². The molecule has 0 saturated heterocycles. The molecule has 32 heavy (non-hydrogen) atoms. The molecule has 1 rings (SSSR count). The molecule has 4 unspecified atom stereocenters. The van der Waals surface area contributed by atoms with E-state index in [4.69, 9.17) is 9.47 Å². The van der Waals surface area contributed by atoms with Gasteiger partial charge in [0.05, 0.1) is 11.1 Å². The van der Waals surface area contributed by atoms with Crippen LogP contribution in [0.15, 0.2) is 24.3 Å². The summed E-state index contributed by atoms with van der Waals surface area (Å²) in [4.78, 5) is 26.2. The number of rotatable bonds is 16. The molecule has 0 aliphatic rings. The highest BCUT2D eigenvalue weighted by Gasteiger charge is 2.28. The molecule has 1 aromatic rings. The van der Waals surface area contributed by atoms with Crippen LogP contribution in [0.5, 0.6) is 0 Å². The van der Waals surface area contributed by atoms with E-state index in [2.05, 4.69) is 41.5 Å². The highest BCUT2D eigenvalue weighted by atomic mass is 16.6. The molecule has 0 aliphatic carbocycles. The van der Waals surface area contributed by atoms with Crippen molar-refractivity contribution in [1.29, 1.82) is 0 Å². The van der Waals surface area contributed by atoms with E-state index in [-0.39, 0.29) is 12.2 Å². The first-order valence-electron chi connectivity index (χ1n) is 13.0. The molecule has 0 aromatic heterocycles. The third-order valence-corrected chi connectivity index (χ3v) is 6.65. The van der Waals surface area contributed by atoms with E-state index in [9.17, 15) is 9.59 Å². The zero-order chi connectivity index (χ0) is 23.9. The largest absolute Gasteiger partial charge is 0.458 e. The summed E-state index contributed by atoms with van der Waals surface area (Å²) in [5, 5.41) is 0. The van der Waals surface area contributed by atoms with Crippen LogP contribution in [-0.2, 0) is 9.47 Å². The Labute approximate surface area is 196 Å². The van der Waals surface area contributed by atoms with Gasteiger partial charge in [-0.05, 0) is 62.5 Å². The Hall–Kier alpha value is -1.84. The van der Waals surface area contributed by atoms with Crippen molar-refractivity contribution in [3.63, 3.8) is 0 Å². The van der Waals surface area contributed by atoms with E-state index in [0.717, 1.165) is 64.2 Å². The highest BCUT2D eigenvalue weighted by Crippen LogP contribution is 2.26. The van der Waals surface area contributed by atoms with E-state index in [1.54, 1.807) is 24.3 Å². The summed E-state index contributed by atoms with van der Waals surface area (Å²) < 4.78 is 11.9. The van der Waals surface area contributed by atoms with Gasteiger partial charge in [-0.3, -0.25) is 0 Å². The molecule has 0 aliphatic heterocycles. The molecule has 4 heteroatoms. The Morgan fingerprint density at radius 1 is 0.656 bits per heavy atom. The molecule has 0 radical (unpaired) electrons. The minimum atomic E-state index is -0.426. The second kappa shape index (κ2) is 15.9. The molecule has 0 heterocycles. The first-order valence-corrected chi connectivity index (χ1v) is 13.0. The topological polar surface area (TPSA) is 52.6 Å². The van der Waals surface area contributed by atoms with Crippen LogP contribution < -0.4 is 0 Å². The summed E-state index contributed by atoms with van der Waals surface area (Å²) in [7, 11) is 0. The number of carbonyl (C=O) groups excluding carboxylic acids is 2. The Bertz CT molecular complexity index is 612. The van der Waals surface area contributed by atoms with Gasteiger partial charge < -0.3 is 9.47 Å². The molecule has 0 N–H and O–H groups in total. The SMILES string of the molecule is CCCCC(CC)C(CC)OC(=O)c1ccccc1C(=O)OC(CC)C(CC)CCCC. The summed E-state index contributed by atoms with van der Waals surface area (Å²) in [6.45, 7) is 12.8. The quantitative estimate of drug-likeness (QED) is 0.241. The van der Waals surface area contributed by atoms with Gasteiger partial charge in [0.15, 0.2) is 0 Å². The third kappa shape index (κ3) is 8.60. The molecule has 4 nitrogen and oxygen atoms in total. The Morgan fingerprint density at radius 2 is 1.03 bits per heavy atom. The van der Waals surface area contributed by atoms with E-state index >= 15 is 0 Å². The Balaban J connectivity index is 2.99. The predicted octanol–water partition coefficient (Wildman–Crippen LogP) is 7.99. The van der Waals surface area contributed by atoms with E-state index in [0.29, 0.717) is 23.0 Å². The Morgan fingerprint density at radius 3 is 1.31 bits per heavy atom. The second-order valence-electron chi connectivity index (χ2n) is 8.87. The number of esters is 2. The fourth-order valence-electron chi connectivity index (χ4n) is 4.51. The highest BCUT2D eigenvalue weighted by molar-refractivity contribution is 6.03. The van der Waals surface area contributed by atoms with Gasteiger partial charge in [-0.1, -0.05) is 79.4 Å². The van der Waals surface area contributed by atoms with Gasteiger partial charge in [0, 0.05) is 0 Å². The molecule has 0 spiro atoms. The second-order valence-corrected chi connectivity index (χ2v) is 8.87. The van der Waals surface area contributed by atoms with Gasteiger partial charge >= 0.3 is 11.9 Å². The van der Waals surface area contributed by atoms with Gasteiger partial charge in [-0.2, -0.15) is 0 Å². The summed E-state index contributed by atoms with van der Waals surface area (Å²) in [5.41, 5.74) is 0.607. The third-order valence-electron chi connectivity index (χ3n) is 6.65. The molecule has 0 amide bonds. The molecule has 1 aromatic carbocycles. The Kier molecular flexibility index (Phi) is 14.0. The first kappa shape index (κ1) is 28.2. The number of carbonyl (C=O) groups is 2. The van der Waals surface area contributed by atoms with Crippen molar-refractivity contribution >= 4 is 11.9 Å². The summed E-state index contributed by atoms with van der Waals surface area (Å²) in [6.07, 6.45) is 9.85. The van der Waals surface area contributed by atoms with E-state index in [1.165, 1.54) is 0 Å². The molecule has 4 atom stereocenters. The average Bonchev–Trinajstić information content (AvgIpc) is 2.82. The smallest absolute Gasteiger partial charge is 0.339 e. The molecule has 0 fully saturated rings. The van der Waals surface area contributed by atoms with Crippen molar-refractivity contribution in [2.24, 2.45) is 11.8 Å². The van der Waals surface area contributed by atoms with Crippen molar-refractivity contribution in [2.45, 2.75) is 118 Å². The van der Waals surface area contributed by atoms with E-state index in [1.807, 2.05) is 0 Å². The van der Waals surface area contributed by atoms with Gasteiger partial charge in [-0.15, -0.1) is 0 Å². The average molecular weight is 447 g/mol. The fourth-order valence-corrected chi connectivity index (χ4v) is 4.51. The number of hydrogen-bond donors (Lipinski definition) is 0. The summed E-state index contributed by atoms with van der Waals surface area (Å²) in [5.74, 6) is -0.163. The molecule has 0 saturated carbocycles. The van der Waals surface area contributed by atoms with Crippen molar-refractivity contribution in [2.75, 3.05) is 0 Å². The van der Waals surface area contributed by atoms with Crippen LogP contribution in [0.25, 0.3) is 0 Å². The minimum absolute atomic E-state index is 0.134. The maximum Gasteiger partial charge on any atom is 0.339 e. The summed E-state index contributed by atoms with van der Waals surface area (Å²) in [6, 6.07) is 6.90. The van der Waals surface area contributed by atoms with Crippen LogP contribution in [0, 0.1) is 11.8 Å². The fraction of sp³-hybridized carbons (Fsp3) is 0.714. The molecular weight excluding hydrogens is 400 g/mol. The normalized spacial score (nSPS) is 14.9. The van der Waals surface area contributed by atoms with Crippen molar-refractivity contribution < 1.29 is 19.1 Å². The van der Waals surface area contributed by atoms with Gasteiger partial charge in [-0.25, -0.2) is 9.59 Å². The standard InChI is InChI=1S/C28H46O4/c1-7-13-17-21(9-3)25(11-5)31-27(29)23-19-15-16-20-24(23)28(30)32-26(12-6)22(10-4)18-14-8-2/h15-16,19-22,25-26H,7-14,17-18H2,1-6H3. The monoisotopic (exact) mass is 446 g/mol. The van der Waals surface area contributed by atoms with Crippen LogP contribution in [0.1, 0.15) is 126 Å². The lowest BCUT2D eigenvalue weighted by molar-refractivity contribution is 0.00577. The summed E-state index contributed by atoms with van der Waals surface area (Å²) >= 11 is 0. The zero-order valence-corrected chi connectivity index (χ0v) is 21.3.